The van der Waals surface area contributed by atoms with Gasteiger partial charge in [0.2, 0.25) is 0 Å². The molecule has 4 nitrogen and oxygen atoms in total. The molecule has 0 aromatic heterocycles. The first-order chi connectivity index (χ1) is 9.40. The number of benzene rings is 2. The number of nitrogens with two attached hydrogens (primary N) is 1. The summed E-state index contributed by atoms with van der Waals surface area (Å²) in [5, 5.41) is 11.4. The van der Waals surface area contributed by atoms with E-state index >= 15 is 0 Å². The number of carboxylic acid groups (broad SMARTS) is 1. The van der Waals surface area contributed by atoms with Gasteiger partial charge in [0.1, 0.15) is 0 Å². The van der Waals surface area contributed by atoms with E-state index in [0.29, 0.717) is 0 Å². The maximum absolute atomic E-state index is 13.1. The summed E-state index contributed by atoms with van der Waals surface area (Å²) in [7, 11) is 0. The summed E-state index contributed by atoms with van der Waals surface area (Å²) < 4.78 is 39.0. The van der Waals surface area contributed by atoms with Crippen molar-refractivity contribution in [2.75, 3.05) is 11.1 Å². The number of rotatable bonds is 3. The molecule has 0 atom stereocenters. The van der Waals surface area contributed by atoms with Gasteiger partial charge in [0.05, 0.1) is 16.9 Å². The minimum absolute atomic E-state index is 0.0874. The standard InChI is InChI=1S/C13H9F3N2O2/c14-8-4-6(5-9(15)11(8)16)18-10-3-1-2-7(12(10)17)13(19)20/h1-5,18H,17H2,(H,19,20). The molecule has 2 rings (SSSR count). The molecule has 0 aliphatic heterocycles. The van der Waals surface area contributed by atoms with Crippen molar-refractivity contribution in [3.05, 3.63) is 53.3 Å². The minimum atomic E-state index is -1.58. The summed E-state index contributed by atoms with van der Waals surface area (Å²) >= 11 is 0. The third-order valence-corrected chi connectivity index (χ3v) is 2.60. The topological polar surface area (TPSA) is 75.3 Å². The van der Waals surface area contributed by atoms with Crippen LogP contribution in [-0.2, 0) is 0 Å². The van der Waals surface area contributed by atoms with Gasteiger partial charge < -0.3 is 16.2 Å². The molecule has 0 radical (unpaired) electrons. The zero-order valence-corrected chi connectivity index (χ0v) is 9.95. The molecule has 0 unspecified atom stereocenters. The minimum Gasteiger partial charge on any atom is -0.478 e. The number of aromatic carboxylic acids is 1. The van der Waals surface area contributed by atoms with Crippen LogP contribution in [0.3, 0.4) is 0 Å². The number of hydrogen-bond acceptors (Lipinski definition) is 3. The molecule has 0 fully saturated rings. The van der Waals surface area contributed by atoms with E-state index in [2.05, 4.69) is 5.32 Å². The van der Waals surface area contributed by atoms with Gasteiger partial charge in [-0.25, -0.2) is 18.0 Å². The van der Waals surface area contributed by atoms with E-state index in [1.807, 2.05) is 0 Å². The lowest BCUT2D eigenvalue weighted by Gasteiger charge is -2.11. The second kappa shape index (κ2) is 5.12. The molecule has 0 aliphatic carbocycles. The Kier molecular flexibility index (Phi) is 3.51. The van der Waals surface area contributed by atoms with Gasteiger partial charge in [0.25, 0.3) is 0 Å². The number of hydrogen-bond donors (Lipinski definition) is 3. The second-order valence-electron chi connectivity index (χ2n) is 3.95. The van der Waals surface area contributed by atoms with Gasteiger partial charge in [0, 0.05) is 17.8 Å². The number of para-hydroxylation sites is 1. The fourth-order valence-corrected chi connectivity index (χ4v) is 1.64. The molecule has 0 saturated heterocycles. The Bertz CT molecular complexity index is 666. The smallest absolute Gasteiger partial charge is 0.337 e. The van der Waals surface area contributed by atoms with Gasteiger partial charge in [-0.1, -0.05) is 6.07 Å². The average molecular weight is 282 g/mol. The molecule has 7 heteroatoms. The molecular formula is C13H9F3N2O2. The van der Waals surface area contributed by atoms with E-state index in [4.69, 9.17) is 10.8 Å². The molecule has 4 N–H and O–H groups in total. The van der Waals surface area contributed by atoms with E-state index in [-0.39, 0.29) is 22.6 Å². The Hall–Kier alpha value is -2.70. The lowest BCUT2D eigenvalue weighted by Crippen LogP contribution is -2.05. The van der Waals surface area contributed by atoms with Crippen molar-refractivity contribution in [1.82, 2.24) is 0 Å². The van der Waals surface area contributed by atoms with Crippen LogP contribution in [-0.4, -0.2) is 11.1 Å². The molecule has 0 spiro atoms. The molecule has 0 amide bonds. The summed E-state index contributed by atoms with van der Waals surface area (Å²) in [4.78, 5) is 10.9. The van der Waals surface area contributed by atoms with Crippen LogP contribution in [0.2, 0.25) is 0 Å². The predicted octanol–water partition coefficient (Wildman–Crippen LogP) is 3.13. The fraction of sp³-hybridized carbons (Fsp3) is 0. The summed E-state index contributed by atoms with van der Waals surface area (Å²) in [5.74, 6) is -5.54. The van der Waals surface area contributed by atoms with Crippen molar-refractivity contribution in [2.24, 2.45) is 0 Å². The lowest BCUT2D eigenvalue weighted by molar-refractivity contribution is 0.0698. The quantitative estimate of drug-likeness (QED) is 0.597. The van der Waals surface area contributed by atoms with Crippen LogP contribution >= 0.6 is 0 Å². The molecule has 20 heavy (non-hydrogen) atoms. The summed E-state index contributed by atoms with van der Waals surface area (Å²) in [5.41, 5.74) is 5.45. The highest BCUT2D eigenvalue weighted by Gasteiger charge is 2.14. The van der Waals surface area contributed by atoms with Crippen LogP contribution in [0.5, 0.6) is 0 Å². The van der Waals surface area contributed by atoms with Crippen molar-refractivity contribution in [3.8, 4) is 0 Å². The van der Waals surface area contributed by atoms with Crippen LogP contribution in [0.1, 0.15) is 10.4 Å². The molecular weight excluding hydrogens is 273 g/mol. The van der Waals surface area contributed by atoms with Crippen molar-refractivity contribution in [1.29, 1.82) is 0 Å². The van der Waals surface area contributed by atoms with Gasteiger partial charge in [-0.05, 0) is 12.1 Å². The Morgan fingerprint density at radius 1 is 1.15 bits per heavy atom. The number of carboxylic acids is 1. The first-order valence-electron chi connectivity index (χ1n) is 5.43. The first-order valence-corrected chi connectivity index (χ1v) is 5.43. The third-order valence-electron chi connectivity index (χ3n) is 2.60. The maximum atomic E-state index is 13.1. The van der Waals surface area contributed by atoms with Crippen LogP contribution in [0.4, 0.5) is 30.2 Å². The largest absolute Gasteiger partial charge is 0.478 e. The van der Waals surface area contributed by atoms with Crippen LogP contribution < -0.4 is 11.1 Å². The zero-order chi connectivity index (χ0) is 14.9. The normalized spacial score (nSPS) is 10.3. The van der Waals surface area contributed by atoms with Gasteiger partial charge in [-0.3, -0.25) is 0 Å². The van der Waals surface area contributed by atoms with Gasteiger partial charge >= 0.3 is 5.97 Å². The fourth-order valence-electron chi connectivity index (χ4n) is 1.64. The number of anilines is 3. The van der Waals surface area contributed by atoms with Crippen molar-refractivity contribution < 1.29 is 23.1 Å². The highest BCUT2D eigenvalue weighted by Crippen LogP contribution is 2.27. The number of nitrogens with one attached hydrogen (secondary N) is 1. The third kappa shape index (κ3) is 2.51. The molecule has 0 bridgehead atoms. The van der Waals surface area contributed by atoms with E-state index in [1.165, 1.54) is 18.2 Å². The average Bonchev–Trinajstić information content (AvgIpc) is 2.38. The van der Waals surface area contributed by atoms with E-state index in [1.54, 1.807) is 0 Å². The van der Waals surface area contributed by atoms with Crippen LogP contribution in [0, 0.1) is 17.5 Å². The number of carbonyl (C=O) groups is 1. The van der Waals surface area contributed by atoms with Crippen molar-refractivity contribution in [2.45, 2.75) is 0 Å². The SMILES string of the molecule is Nc1c(Nc2cc(F)c(F)c(F)c2)cccc1C(=O)O. The second-order valence-corrected chi connectivity index (χ2v) is 3.95. The van der Waals surface area contributed by atoms with Gasteiger partial charge in [-0.15, -0.1) is 0 Å². The van der Waals surface area contributed by atoms with Crippen molar-refractivity contribution >= 4 is 23.0 Å². The Balaban J connectivity index is 2.40. The summed E-state index contributed by atoms with van der Waals surface area (Å²) in [6, 6.07) is 5.62. The van der Waals surface area contributed by atoms with Gasteiger partial charge in [-0.2, -0.15) is 0 Å². The molecule has 0 saturated carbocycles. The predicted molar refractivity (Wildman–Crippen MR) is 67.4 cm³/mol. The number of halogens is 3. The van der Waals surface area contributed by atoms with Gasteiger partial charge in [0.15, 0.2) is 17.5 Å². The van der Waals surface area contributed by atoms with E-state index in [0.717, 1.165) is 12.1 Å². The highest BCUT2D eigenvalue weighted by molar-refractivity contribution is 5.97. The zero-order valence-electron chi connectivity index (χ0n) is 9.95. The lowest BCUT2D eigenvalue weighted by atomic mass is 10.1. The molecule has 104 valence electrons. The Labute approximate surface area is 111 Å². The summed E-state index contributed by atoms with van der Waals surface area (Å²) in [6.07, 6.45) is 0. The van der Waals surface area contributed by atoms with E-state index in [9.17, 15) is 18.0 Å². The van der Waals surface area contributed by atoms with Crippen molar-refractivity contribution in [3.63, 3.8) is 0 Å². The highest BCUT2D eigenvalue weighted by atomic mass is 19.2. The Morgan fingerprint density at radius 2 is 1.75 bits per heavy atom. The Morgan fingerprint density at radius 3 is 2.30 bits per heavy atom. The number of nitrogen functional groups attached to an aromatic ring is 1. The molecule has 0 aliphatic rings. The molecule has 0 heterocycles. The summed E-state index contributed by atoms with van der Waals surface area (Å²) in [6.45, 7) is 0. The van der Waals surface area contributed by atoms with E-state index < -0.39 is 23.4 Å². The molecule has 2 aromatic carbocycles. The molecule has 2 aromatic rings. The monoisotopic (exact) mass is 282 g/mol. The van der Waals surface area contributed by atoms with Crippen LogP contribution in [0.25, 0.3) is 0 Å². The first kappa shape index (κ1) is 13.7. The maximum Gasteiger partial charge on any atom is 0.337 e. The van der Waals surface area contributed by atoms with Crippen LogP contribution in [0.15, 0.2) is 30.3 Å².